The highest BCUT2D eigenvalue weighted by molar-refractivity contribution is 6.35. The largest absolute Gasteiger partial charge is 0.489 e. The van der Waals surface area contributed by atoms with Crippen LogP contribution >= 0.6 is 23.2 Å². The Morgan fingerprint density at radius 2 is 1.89 bits per heavy atom. The van der Waals surface area contributed by atoms with Crippen LogP contribution in [0.2, 0.25) is 10.0 Å². The Labute approximate surface area is 165 Å². The van der Waals surface area contributed by atoms with E-state index in [2.05, 4.69) is 20.5 Å². The minimum Gasteiger partial charge on any atom is -0.489 e. The van der Waals surface area contributed by atoms with Crippen molar-refractivity contribution in [3.05, 3.63) is 85.8 Å². The van der Waals surface area contributed by atoms with Crippen LogP contribution in [-0.4, -0.2) is 16.2 Å². The highest BCUT2D eigenvalue weighted by Crippen LogP contribution is 2.25. The minimum atomic E-state index is -0.236. The molecule has 0 spiro atoms. The van der Waals surface area contributed by atoms with Crippen molar-refractivity contribution in [2.75, 3.05) is 5.43 Å². The zero-order valence-electron chi connectivity index (χ0n) is 14.4. The molecule has 0 saturated heterocycles. The smallest absolute Gasteiger partial charge is 0.252 e. The Balaban J connectivity index is 1.59. The quantitative estimate of drug-likeness (QED) is 0.472. The Morgan fingerprint density at radius 3 is 2.56 bits per heavy atom. The average molecular weight is 403 g/mol. The van der Waals surface area contributed by atoms with Gasteiger partial charge in [0, 0.05) is 27.4 Å². The predicted octanol–water partition coefficient (Wildman–Crippen LogP) is 4.41. The number of anilines is 1. The normalized spacial score (nSPS) is 10.9. The van der Waals surface area contributed by atoms with E-state index in [0.717, 1.165) is 11.1 Å². The van der Waals surface area contributed by atoms with Crippen LogP contribution in [0.5, 0.6) is 5.75 Å². The van der Waals surface area contributed by atoms with E-state index in [9.17, 15) is 4.79 Å². The van der Waals surface area contributed by atoms with Gasteiger partial charge in [-0.05, 0) is 48.9 Å². The van der Waals surface area contributed by atoms with Gasteiger partial charge in [0.1, 0.15) is 12.4 Å². The van der Waals surface area contributed by atoms with E-state index >= 15 is 0 Å². The molecule has 0 bridgehead atoms. The lowest BCUT2D eigenvalue weighted by Crippen LogP contribution is -2.10. The van der Waals surface area contributed by atoms with Crippen LogP contribution in [0.3, 0.4) is 0 Å². The topological polar surface area (TPSA) is 79.4 Å². The Bertz CT molecular complexity index is 997. The van der Waals surface area contributed by atoms with E-state index in [1.54, 1.807) is 31.3 Å². The van der Waals surface area contributed by atoms with E-state index in [1.165, 1.54) is 6.07 Å². The summed E-state index contributed by atoms with van der Waals surface area (Å²) in [6.07, 6.45) is 1.61. The van der Waals surface area contributed by atoms with Crippen molar-refractivity contribution >= 4 is 35.4 Å². The summed E-state index contributed by atoms with van der Waals surface area (Å²) in [6.45, 7) is 2.01. The van der Waals surface area contributed by atoms with Crippen LogP contribution in [0.25, 0.3) is 0 Å². The molecule has 3 aromatic rings. The van der Waals surface area contributed by atoms with Crippen LogP contribution < -0.4 is 15.7 Å². The molecule has 0 aliphatic heterocycles. The van der Waals surface area contributed by atoms with Crippen LogP contribution in [0, 0.1) is 6.92 Å². The molecule has 2 aromatic carbocycles. The number of ether oxygens (including phenoxy) is 1. The Morgan fingerprint density at radius 1 is 1.19 bits per heavy atom. The van der Waals surface area contributed by atoms with Crippen LogP contribution in [0.1, 0.15) is 16.8 Å². The molecule has 2 N–H and O–H groups in total. The molecule has 8 heteroatoms. The molecule has 0 radical (unpaired) electrons. The van der Waals surface area contributed by atoms with Gasteiger partial charge >= 0.3 is 0 Å². The van der Waals surface area contributed by atoms with Gasteiger partial charge in [-0.25, -0.2) is 10.4 Å². The van der Waals surface area contributed by atoms with Crippen LogP contribution in [0.15, 0.2) is 58.4 Å². The van der Waals surface area contributed by atoms with Crippen molar-refractivity contribution in [3.63, 3.8) is 0 Å². The number of aromatic amines is 1. The number of hydrazone groups is 1. The number of aromatic nitrogens is 2. The summed E-state index contributed by atoms with van der Waals surface area (Å²) in [5.74, 6) is 0.966. The molecule has 0 unspecified atom stereocenters. The highest BCUT2D eigenvalue weighted by atomic mass is 35.5. The summed E-state index contributed by atoms with van der Waals surface area (Å²) in [4.78, 5) is 18.0. The first-order valence-electron chi connectivity index (χ1n) is 8.04. The maximum Gasteiger partial charge on any atom is 0.252 e. The molecule has 0 fully saturated rings. The van der Waals surface area contributed by atoms with E-state index in [-0.39, 0.29) is 18.1 Å². The number of nitrogens with one attached hydrogen (secondary N) is 2. The molecule has 1 heterocycles. The first-order chi connectivity index (χ1) is 13.0. The van der Waals surface area contributed by atoms with Crippen molar-refractivity contribution in [3.8, 4) is 5.75 Å². The minimum absolute atomic E-state index is 0.236. The lowest BCUT2D eigenvalue weighted by atomic mass is 10.2. The van der Waals surface area contributed by atoms with E-state index < -0.39 is 0 Å². The molecule has 1 aromatic heterocycles. The zero-order valence-corrected chi connectivity index (χ0v) is 15.9. The third-order valence-electron chi connectivity index (χ3n) is 3.58. The summed E-state index contributed by atoms with van der Waals surface area (Å²) < 4.78 is 5.73. The predicted molar refractivity (Wildman–Crippen MR) is 108 cm³/mol. The number of nitrogens with zero attached hydrogens (tertiary/aromatic N) is 2. The molecular formula is C19H16Cl2N4O2. The van der Waals surface area contributed by atoms with Crippen molar-refractivity contribution in [1.29, 1.82) is 0 Å². The average Bonchev–Trinajstić information content (AvgIpc) is 2.62. The fourth-order valence-corrected chi connectivity index (χ4v) is 2.78. The number of aryl methyl sites for hydroxylation is 1. The maximum absolute atomic E-state index is 11.4. The van der Waals surface area contributed by atoms with Crippen molar-refractivity contribution < 1.29 is 4.74 Å². The number of hydrogen-bond acceptors (Lipinski definition) is 5. The number of H-pyrrole nitrogens is 1. The van der Waals surface area contributed by atoms with Gasteiger partial charge in [-0.2, -0.15) is 5.10 Å². The molecule has 0 aliphatic rings. The molecule has 0 atom stereocenters. The van der Waals surface area contributed by atoms with Gasteiger partial charge in [-0.1, -0.05) is 29.3 Å². The molecular weight excluding hydrogens is 387 g/mol. The molecule has 6 nitrogen and oxygen atoms in total. The second-order valence-corrected chi connectivity index (χ2v) is 6.48. The summed E-state index contributed by atoms with van der Waals surface area (Å²) in [5, 5.41) is 5.20. The molecule has 27 heavy (non-hydrogen) atoms. The maximum atomic E-state index is 11.4. The monoisotopic (exact) mass is 402 g/mol. The highest BCUT2D eigenvalue weighted by Gasteiger charge is 2.06. The third kappa shape index (κ3) is 5.32. The van der Waals surface area contributed by atoms with Crippen molar-refractivity contribution in [2.24, 2.45) is 5.10 Å². The SMILES string of the molecule is Cc1cc(=O)[nH]c(N/N=C/c2ccc(OCc3c(Cl)cccc3Cl)cc2)n1. The molecule has 3 rings (SSSR count). The lowest BCUT2D eigenvalue weighted by molar-refractivity contribution is 0.306. The summed E-state index contributed by atoms with van der Waals surface area (Å²) in [6, 6.07) is 14.1. The van der Waals surface area contributed by atoms with Crippen molar-refractivity contribution in [1.82, 2.24) is 9.97 Å². The number of benzene rings is 2. The van der Waals surface area contributed by atoms with Gasteiger partial charge in [0.25, 0.3) is 5.56 Å². The Hall–Kier alpha value is -2.83. The fraction of sp³-hybridized carbons (Fsp3) is 0.105. The zero-order chi connectivity index (χ0) is 19.2. The van der Waals surface area contributed by atoms with E-state index in [4.69, 9.17) is 27.9 Å². The summed E-state index contributed by atoms with van der Waals surface area (Å²) >= 11 is 12.3. The van der Waals surface area contributed by atoms with Crippen LogP contribution in [0.4, 0.5) is 5.95 Å². The standard InChI is InChI=1S/C19H16Cl2N4O2/c1-12-9-18(26)24-19(23-12)25-22-10-13-5-7-14(8-6-13)27-11-15-16(20)3-2-4-17(15)21/h2-10H,11H2,1H3,(H2,23,24,25,26)/b22-10+. The molecule has 0 amide bonds. The lowest BCUT2D eigenvalue weighted by Gasteiger charge is -2.09. The second-order valence-electron chi connectivity index (χ2n) is 5.66. The fourth-order valence-electron chi connectivity index (χ4n) is 2.28. The van der Waals surface area contributed by atoms with Crippen LogP contribution in [-0.2, 0) is 6.61 Å². The molecule has 138 valence electrons. The van der Waals surface area contributed by atoms with E-state index in [0.29, 0.717) is 21.5 Å². The van der Waals surface area contributed by atoms with Gasteiger partial charge in [0.2, 0.25) is 5.95 Å². The first kappa shape index (κ1) is 18.9. The summed E-state index contributed by atoms with van der Waals surface area (Å²) in [5.41, 5.74) is 4.66. The molecule has 0 aliphatic carbocycles. The van der Waals surface area contributed by atoms with Gasteiger partial charge in [0.05, 0.1) is 6.21 Å². The molecule has 0 saturated carbocycles. The summed E-state index contributed by atoms with van der Waals surface area (Å²) in [7, 11) is 0. The number of hydrogen-bond donors (Lipinski definition) is 2. The third-order valence-corrected chi connectivity index (χ3v) is 4.29. The van der Waals surface area contributed by atoms with Gasteiger partial charge in [0.15, 0.2) is 0 Å². The number of halogens is 2. The van der Waals surface area contributed by atoms with Crippen molar-refractivity contribution in [2.45, 2.75) is 13.5 Å². The number of rotatable bonds is 6. The van der Waals surface area contributed by atoms with Gasteiger partial charge in [-0.3, -0.25) is 9.78 Å². The second kappa shape index (κ2) is 8.70. The Kier molecular flexibility index (Phi) is 6.11. The van der Waals surface area contributed by atoms with E-state index in [1.807, 2.05) is 24.3 Å². The van der Waals surface area contributed by atoms with Gasteiger partial charge < -0.3 is 4.74 Å². The van der Waals surface area contributed by atoms with Gasteiger partial charge in [-0.15, -0.1) is 0 Å². The first-order valence-corrected chi connectivity index (χ1v) is 8.79.